The van der Waals surface area contributed by atoms with Gasteiger partial charge in [0.25, 0.3) is 5.69 Å². The Hall–Kier alpha value is -1.10. The quantitative estimate of drug-likeness (QED) is 0.468. The molecule has 5 heteroatoms. The normalized spacial score (nSPS) is 19.3. The minimum Gasteiger partial charge on any atom is -0.383 e. The Bertz CT molecular complexity index is 367. The first kappa shape index (κ1) is 8.50. The van der Waals surface area contributed by atoms with Crippen molar-refractivity contribution in [1.82, 2.24) is 0 Å². The molecule has 13 heavy (non-hydrogen) atoms. The molecule has 1 aliphatic heterocycles. The molecule has 68 valence electrons. The van der Waals surface area contributed by atoms with E-state index >= 15 is 0 Å². The highest BCUT2D eigenvalue weighted by atomic mass is 79.9. The lowest BCUT2D eigenvalue weighted by molar-refractivity contribution is -0.385. The third kappa shape index (κ3) is 1.29. The number of hydrogen-bond acceptors (Lipinski definition) is 3. The minimum atomic E-state index is -0.347. The van der Waals surface area contributed by atoms with E-state index in [2.05, 4.69) is 21.2 Å². The summed E-state index contributed by atoms with van der Waals surface area (Å²) in [6, 6.07) is 5.07. The molecule has 1 aromatic rings. The number of benzene rings is 1. The van der Waals surface area contributed by atoms with Crippen molar-refractivity contribution in [1.29, 1.82) is 0 Å². The topological polar surface area (TPSA) is 55.2 Å². The summed E-state index contributed by atoms with van der Waals surface area (Å²) < 4.78 is 0. The summed E-state index contributed by atoms with van der Waals surface area (Å²) in [5, 5.41) is 13.8. The Morgan fingerprint density at radius 3 is 3.08 bits per heavy atom. The van der Waals surface area contributed by atoms with Crippen LogP contribution in [0.25, 0.3) is 0 Å². The number of nitro benzene ring substituents is 1. The molecular weight excluding hydrogens is 236 g/mol. The second-order valence-corrected chi connectivity index (χ2v) is 3.95. The van der Waals surface area contributed by atoms with Crippen LogP contribution in [0.4, 0.5) is 11.4 Å². The fraction of sp³-hybridized carbons (Fsp3) is 0.250. The highest BCUT2D eigenvalue weighted by Crippen LogP contribution is 2.41. The Labute approximate surface area is 83.2 Å². The molecule has 0 fully saturated rings. The predicted octanol–water partition coefficient (Wildman–Crippen LogP) is 2.46. The van der Waals surface area contributed by atoms with E-state index < -0.39 is 0 Å². The van der Waals surface area contributed by atoms with Crippen LogP contribution in [0.5, 0.6) is 0 Å². The molecule has 1 aliphatic rings. The first-order valence-electron chi connectivity index (χ1n) is 3.85. The Morgan fingerprint density at radius 1 is 1.62 bits per heavy atom. The third-order valence-corrected chi connectivity index (χ3v) is 2.85. The SMILES string of the molecule is O=[N+]([O-])c1cccc2c1C(Br)CN2. The largest absolute Gasteiger partial charge is 0.383 e. The lowest BCUT2D eigenvalue weighted by atomic mass is 10.1. The van der Waals surface area contributed by atoms with Crippen molar-refractivity contribution in [2.45, 2.75) is 4.83 Å². The molecule has 0 radical (unpaired) electrons. The summed E-state index contributed by atoms with van der Waals surface area (Å²) in [4.78, 5) is 10.4. The van der Waals surface area contributed by atoms with Crippen molar-refractivity contribution in [2.75, 3.05) is 11.9 Å². The fourth-order valence-electron chi connectivity index (χ4n) is 1.50. The zero-order valence-corrected chi connectivity index (χ0v) is 8.24. The number of rotatable bonds is 1. The molecule has 0 bridgehead atoms. The van der Waals surface area contributed by atoms with Crippen molar-refractivity contribution in [3.8, 4) is 0 Å². The summed E-state index contributed by atoms with van der Waals surface area (Å²) >= 11 is 3.39. The van der Waals surface area contributed by atoms with Crippen LogP contribution in [-0.2, 0) is 0 Å². The zero-order chi connectivity index (χ0) is 9.42. The molecule has 1 atom stereocenters. The molecule has 0 saturated heterocycles. The Kier molecular flexibility index (Phi) is 1.95. The van der Waals surface area contributed by atoms with E-state index in [0.29, 0.717) is 6.54 Å². The summed E-state index contributed by atoms with van der Waals surface area (Å²) in [6.07, 6.45) is 0. The van der Waals surface area contributed by atoms with E-state index in [0.717, 1.165) is 11.3 Å². The maximum absolute atomic E-state index is 10.7. The molecule has 0 aliphatic carbocycles. The number of nitrogens with zero attached hydrogens (tertiary/aromatic N) is 1. The van der Waals surface area contributed by atoms with Gasteiger partial charge in [0.1, 0.15) is 0 Å². The van der Waals surface area contributed by atoms with Gasteiger partial charge in [0, 0.05) is 18.3 Å². The van der Waals surface area contributed by atoms with Crippen molar-refractivity contribution in [3.05, 3.63) is 33.9 Å². The van der Waals surface area contributed by atoms with Crippen molar-refractivity contribution in [3.63, 3.8) is 0 Å². The predicted molar refractivity (Wildman–Crippen MR) is 53.3 cm³/mol. The van der Waals surface area contributed by atoms with Gasteiger partial charge in [0.15, 0.2) is 0 Å². The lowest BCUT2D eigenvalue weighted by Crippen LogP contribution is -1.95. The van der Waals surface area contributed by atoms with Crippen LogP contribution in [0.1, 0.15) is 10.4 Å². The highest BCUT2D eigenvalue weighted by Gasteiger charge is 2.28. The van der Waals surface area contributed by atoms with Crippen LogP contribution in [-0.4, -0.2) is 11.5 Å². The smallest absolute Gasteiger partial charge is 0.275 e. The molecule has 1 unspecified atom stereocenters. The average Bonchev–Trinajstić information content (AvgIpc) is 2.48. The number of anilines is 1. The Balaban J connectivity index is 2.60. The van der Waals surface area contributed by atoms with Gasteiger partial charge in [0.2, 0.25) is 0 Å². The summed E-state index contributed by atoms with van der Waals surface area (Å²) in [6.45, 7) is 0.709. The van der Waals surface area contributed by atoms with Gasteiger partial charge < -0.3 is 5.32 Å². The first-order valence-corrected chi connectivity index (χ1v) is 4.77. The number of nitro groups is 1. The molecule has 1 aromatic carbocycles. The minimum absolute atomic E-state index is 0.0455. The molecule has 1 heterocycles. The number of halogens is 1. The van der Waals surface area contributed by atoms with Crippen molar-refractivity contribution in [2.24, 2.45) is 0 Å². The second kappa shape index (κ2) is 2.99. The summed E-state index contributed by atoms with van der Waals surface area (Å²) in [7, 11) is 0. The molecule has 1 N–H and O–H groups in total. The first-order chi connectivity index (χ1) is 6.20. The van der Waals surface area contributed by atoms with Gasteiger partial charge in [-0.3, -0.25) is 10.1 Å². The van der Waals surface area contributed by atoms with Crippen LogP contribution in [0.3, 0.4) is 0 Å². The monoisotopic (exact) mass is 242 g/mol. The Morgan fingerprint density at radius 2 is 2.38 bits per heavy atom. The number of nitrogens with one attached hydrogen (secondary N) is 1. The number of alkyl halides is 1. The lowest BCUT2D eigenvalue weighted by Gasteiger charge is -2.01. The molecule has 4 nitrogen and oxygen atoms in total. The van der Waals surface area contributed by atoms with Gasteiger partial charge in [-0.05, 0) is 6.07 Å². The maximum Gasteiger partial charge on any atom is 0.275 e. The summed E-state index contributed by atoms with van der Waals surface area (Å²) in [5.41, 5.74) is 1.80. The molecular formula is C8H7BrN2O2. The summed E-state index contributed by atoms with van der Waals surface area (Å²) in [5.74, 6) is 0. The number of fused-ring (bicyclic) bond motifs is 1. The van der Waals surface area contributed by atoms with Gasteiger partial charge in [-0.25, -0.2) is 0 Å². The van der Waals surface area contributed by atoms with Crippen LogP contribution >= 0.6 is 15.9 Å². The van der Waals surface area contributed by atoms with Gasteiger partial charge in [-0.15, -0.1) is 0 Å². The molecule has 0 saturated carbocycles. The van der Waals surface area contributed by atoms with Gasteiger partial charge in [-0.1, -0.05) is 22.0 Å². The average molecular weight is 243 g/mol. The van der Waals surface area contributed by atoms with Crippen LogP contribution in [0.2, 0.25) is 0 Å². The van der Waals surface area contributed by atoms with E-state index in [1.165, 1.54) is 6.07 Å². The third-order valence-electron chi connectivity index (χ3n) is 2.06. The van der Waals surface area contributed by atoms with E-state index in [1.54, 1.807) is 6.07 Å². The molecule has 2 rings (SSSR count). The molecule has 0 amide bonds. The second-order valence-electron chi connectivity index (χ2n) is 2.84. The van der Waals surface area contributed by atoms with Crippen LogP contribution < -0.4 is 5.32 Å². The van der Waals surface area contributed by atoms with Crippen molar-refractivity contribution < 1.29 is 4.92 Å². The van der Waals surface area contributed by atoms with E-state index in [1.807, 2.05) is 6.07 Å². The highest BCUT2D eigenvalue weighted by molar-refractivity contribution is 9.09. The number of hydrogen-bond donors (Lipinski definition) is 1. The van der Waals surface area contributed by atoms with E-state index in [-0.39, 0.29) is 15.4 Å². The van der Waals surface area contributed by atoms with Gasteiger partial charge >= 0.3 is 0 Å². The molecule has 0 spiro atoms. The van der Waals surface area contributed by atoms with E-state index in [9.17, 15) is 10.1 Å². The van der Waals surface area contributed by atoms with Crippen molar-refractivity contribution >= 4 is 27.3 Å². The van der Waals surface area contributed by atoms with E-state index in [4.69, 9.17) is 0 Å². The van der Waals surface area contributed by atoms with Gasteiger partial charge in [0.05, 0.1) is 15.3 Å². The maximum atomic E-state index is 10.7. The zero-order valence-electron chi connectivity index (χ0n) is 6.66. The molecule has 0 aromatic heterocycles. The standard InChI is InChI=1S/C8H7BrN2O2/c9-5-4-10-6-2-1-3-7(8(5)6)11(12)13/h1-3,5,10H,4H2. The fourth-order valence-corrected chi connectivity index (χ4v) is 2.14. The van der Waals surface area contributed by atoms with Gasteiger partial charge in [-0.2, -0.15) is 0 Å². The van der Waals surface area contributed by atoms with Crippen LogP contribution in [0.15, 0.2) is 18.2 Å². The van der Waals surface area contributed by atoms with Crippen LogP contribution in [0, 0.1) is 10.1 Å².